The summed E-state index contributed by atoms with van der Waals surface area (Å²) in [5.41, 5.74) is 1.82. The molecule has 0 radical (unpaired) electrons. The summed E-state index contributed by atoms with van der Waals surface area (Å²) in [4.78, 5) is 24.8. The van der Waals surface area contributed by atoms with Crippen molar-refractivity contribution in [1.82, 2.24) is 10.2 Å². The minimum absolute atomic E-state index is 0. The number of hydrogen-bond donors (Lipinski definition) is 1. The lowest BCUT2D eigenvalue weighted by Gasteiger charge is -2.43. The first-order valence-electron chi connectivity index (χ1n) is 6.85. The summed E-state index contributed by atoms with van der Waals surface area (Å²) < 4.78 is 0.970. The van der Waals surface area contributed by atoms with Crippen molar-refractivity contribution >= 4 is 57.3 Å². The summed E-state index contributed by atoms with van der Waals surface area (Å²) in [7, 11) is 1.96. The summed E-state index contributed by atoms with van der Waals surface area (Å²) in [6.07, 6.45) is 0. The van der Waals surface area contributed by atoms with E-state index in [1.54, 1.807) is 0 Å². The Bertz CT molecular complexity index is 698. The van der Waals surface area contributed by atoms with Gasteiger partial charge in [-0.2, -0.15) is 4.99 Å². The van der Waals surface area contributed by atoms with Crippen LogP contribution < -0.4 is 10.2 Å². The van der Waals surface area contributed by atoms with Gasteiger partial charge < -0.3 is 15.1 Å². The molecule has 1 aromatic carbocycles. The van der Waals surface area contributed by atoms with Crippen LogP contribution in [0.5, 0.6) is 0 Å². The molecule has 1 N–H and O–H groups in total. The maximum atomic E-state index is 11.8. The summed E-state index contributed by atoms with van der Waals surface area (Å²) in [6.45, 7) is 2.07. The molecule has 3 heterocycles. The van der Waals surface area contributed by atoms with Gasteiger partial charge in [-0.15, -0.1) is 12.4 Å². The Hall–Kier alpha value is -1.44. The lowest BCUT2D eigenvalue weighted by atomic mass is 10.1. The summed E-state index contributed by atoms with van der Waals surface area (Å²) >= 11 is 3.47. The highest BCUT2D eigenvalue weighted by atomic mass is 79.9. The van der Waals surface area contributed by atoms with Crippen molar-refractivity contribution in [2.24, 2.45) is 9.98 Å². The Morgan fingerprint density at radius 3 is 2.77 bits per heavy atom. The van der Waals surface area contributed by atoms with Gasteiger partial charge in [0.25, 0.3) is 5.91 Å². The van der Waals surface area contributed by atoms with Crippen LogP contribution in [0, 0.1) is 0 Å². The number of nitrogens with one attached hydrogen (secondary N) is 1. The number of benzene rings is 1. The molecule has 116 valence electrons. The zero-order chi connectivity index (χ0) is 14.6. The number of likely N-dealkylation sites (tertiary alicyclic amines) is 1. The first kappa shape index (κ1) is 15.5. The normalized spacial score (nSPS) is 19.8. The van der Waals surface area contributed by atoms with Crippen molar-refractivity contribution in [2.75, 3.05) is 31.6 Å². The highest BCUT2D eigenvalue weighted by Crippen LogP contribution is 2.37. The van der Waals surface area contributed by atoms with E-state index < -0.39 is 0 Å². The fourth-order valence-electron chi connectivity index (χ4n) is 2.81. The van der Waals surface area contributed by atoms with Gasteiger partial charge in [0.15, 0.2) is 11.7 Å². The Morgan fingerprint density at radius 2 is 2.05 bits per heavy atom. The monoisotopic (exact) mass is 383 g/mol. The average molecular weight is 385 g/mol. The number of fused-ring (bicyclic) bond motifs is 3. The molecule has 8 heteroatoms. The van der Waals surface area contributed by atoms with Crippen LogP contribution in [0.25, 0.3) is 0 Å². The minimum Gasteiger partial charge on any atom is -0.350 e. The van der Waals surface area contributed by atoms with Gasteiger partial charge in [-0.1, -0.05) is 15.9 Å². The van der Waals surface area contributed by atoms with Gasteiger partial charge >= 0.3 is 0 Å². The van der Waals surface area contributed by atoms with Crippen LogP contribution in [-0.4, -0.2) is 55.2 Å². The van der Waals surface area contributed by atoms with E-state index in [0.717, 1.165) is 34.8 Å². The number of hydrogen-bond acceptors (Lipinski definition) is 5. The molecular weight excluding hydrogens is 370 g/mol. The molecule has 0 aromatic heterocycles. The number of amides is 1. The topological polar surface area (TPSA) is 60.3 Å². The largest absolute Gasteiger partial charge is 0.350 e. The fourth-order valence-corrected chi connectivity index (χ4v) is 3.16. The number of rotatable bonds is 1. The molecule has 0 bridgehead atoms. The number of amidine groups is 2. The predicted molar refractivity (Wildman–Crippen MR) is 92.7 cm³/mol. The maximum Gasteiger partial charge on any atom is 0.267 e. The Labute approximate surface area is 142 Å². The van der Waals surface area contributed by atoms with E-state index in [1.807, 2.05) is 30.1 Å². The molecule has 0 unspecified atom stereocenters. The minimum atomic E-state index is -0.115. The van der Waals surface area contributed by atoms with Crippen LogP contribution in [0.2, 0.25) is 0 Å². The van der Waals surface area contributed by atoms with Crippen molar-refractivity contribution < 1.29 is 4.79 Å². The first-order chi connectivity index (χ1) is 10.2. The second-order valence-electron chi connectivity index (χ2n) is 5.37. The second kappa shape index (κ2) is 5.64. The second-order valence-corrected chi connectivity index (χ2v) is 6.29. The molecule has 3 aliphatic rings. The zero-order valence-corrected chi connectivity index (χ0v) is 14.3. The number of halogens is 2. The molecule has 1 amide bonds. The third-order valence-electron chi connectivity index (χ3n) is 4.02. The van der Waals surface area contributed by atoms with E-state index in [4.69, 9.17) is 4.99 Å². The van der Waals surface area contributed by atoms with Crippen molar-refractivity contribution in [3.05, 3.63) is 22.7 Å². The summed E-state index contributed by atoms with van der Waals surface area (Å²) in [5, 5.41) is 3.24. The summed E-state index contributed by atoms with van der Waals surface area (Å²) in [6, 6.07) is 6.39. The molecule has 6 nitrogen and oxygen atoms in total. The number of aliphatic imine (C=N–C) groups is 2. The van der Waals surface area contributed by atoms with Crippen LogP contribution in [0.15, 0.2) is 32.7 Å². The van der Waals surface area contributed by atoms with Gasteiger partial charge in [0.1, 0.15) is 6.54 Å². The molecule has 0 spiro atoms. The predicted octanol–water partition coefficient (Wildman–Crippen LogP) is 1.56. The van der Waals surface area contributed by atoms with Gasteiger partial charge in [-0.3, -0.25) is 4.79 Å². The molecule has 0 atom stereocenters. The quantitative estimate of drug-likeness (QED) is 0.798. The first-order valence-corrected chi connectivity index (χ1v) is 7.65. The fraction of sp³-hybridized carbons (Fsp3) is 0.357. The van der Waals surface area contributed by atoms with E-state index in [2.05, 4.69) is 31.1 Å². The lowest BCUT2D eigenvalue weighted by molar-refractivity contribution is -0.115. The van der Waals surface area contributed by atoms with Crippen LogP contribution >= 0.6 is 28.3 Å². The Morgan fingerprint density at radius 1 is 1.27 bits per heavy atom. The third-order valence-corrected chi connectivity index (χ3v) is 4.52. The van der Waals surface area contributed by atoms with Gasteiger partial charge in [0.05, 0.1) is 11.4 Å². The molecule has 4 rings (SSSR count). The highest BCUT2D eigenvalue weighted by Gasteiger charge is 2.39. The molecule has 0 aliphatic carbocycles. The van der Waals surface area contributed by atoms with Gasteiger partial charge in [0, 0.05) is 23.6 Å². The zero-order valence-electron chi connectivity index (χ0n) is 11.9. The van der Waals surface area contributed by atoms with E-state index >= 15 is 0 Å². The third kappa shape index (κ3) is 2.33. The molecule has 22 heavy (non-hydrogen) atoms. The number of likely N-dealkylation sites (N-methyl/N-ethyl adjacent to an activating group) is 1. The van der Waals surface area contributed by atoms with Crippen LogP contribution in [0.4, 0.5) is 11.4 Å². The van der Waals surface area contributed by atoms with Crippen molar-refractivity contribution in [1.29, 1.82) is 0 Å². The van der Waals surface area contributed by atoms with Gasteiger partial charge in [0.2, 0.25) is 0 Å². The van der Waals surface area contributed by atoms with E-state index in [-0.39, 0.29) is 18.3 Å². The van der Waals surface area contributed by atoms with Gasteiger partial charge in [-0.25, -0.2) is 4.99 Å². The highest BCUT2D eigenvalue weighted by molar-refractivity contribution is 9.10. The SMILES string of the molecule is CNC1CN(C2=Nc3ccc(Br)cc3N3CC(=O)N=C23)C1.Cl. The van der Waals surface area contributed by atoms with Crippen LogP contribution in [0.3, 0.4) is 0 Å². The maximum absolute atomic E-state index is 11.8. The molecule has 1 aromatic rings. The molecule has 0 saturated carbocycles. The number of anilines is 1. The number of nitrogens with zero attached hydrogens (tertiary/aromatic N) is 4. The van der Waals surface area contributed by atoms with E-state index in [1.165, 1.54) is 0 Å². The number of carbonyl (C=O) groups is 1. The van der Waals surface area contributed by atoms with Crippen molar-refractivity contribution in [3.8, 4) is 0 Å². The Balaban J connectivity index is 0.00000144. The van der Waals surface area contributed by atoms with Crippen LogP contribution in [-0.2, 0) is 4.79 Å². The standard InChI is InChI=1S/C14H14BrN5O.ClH/c1-16-9-5-19(6-9)13-14-18-12(21)7-20(14)11-4-8(15)2-3-10(11)17-13;/h2-4,9,16H,5-7H2,1H3;1H. The van der Waals surface area contributed by atoms with Crippen molar-refractivity contribution in [2.45, 2.75) is 6.04 Å². The number of carbonyl (C=O) groups excluding carboxylic acids is 1. The molecule has 1 fully saturated rings. The van der Waals surface area contributed by atoms with E-state index in [9.17, 15) is 4.79 Å². The molecular formula is C14H15BrClN5O. The summed E-state index contributed by atoms with van der Waals surface area (Å²) in [5.74, 6) is 1.37. The molecule has 3 aliphatic heterocycles. The van der Waals surface area contributed by atoms with Crippen LogP contribution in [0.1, 0.15) is 0 Å². The Kier molecular flexibility index (Phi) is 3.96. The lowest BCUT2D eigenvalue weighted by Crippen LogP contribution is -2.62. The molecule has 1 saturated heterocycles. The van der Waals surface area contributed by atoms with E-state index in [0.29, 0.717) is 18.4 Å². The van der Waals surface area contributed by atoms with Gasteiger partial charge in [-0.05, 0) is 25.2 Å². The van der Waals surface area contributed by atoms with Crippen molar-refractivity contribution in [3.63, 3.8) is 0 Å². The smallest absolute Gasteiger partial charge is 0.267 e. The average Bonchev–Trinajstić information content (AvgIpc) is 2.80.